The van der Waals surface area contributed by atoms with Gasteiger partial charge in [0, 0.05) is 5.92 Å². The fraction of sp³-hybridized carbons (Fsp3) is 0.846. The van der Waals surface area contributed by atoms with Gasteiger partial charge < -0.3 is 4.84 Å². The van der Waals surface area contributed by atoms with Crippen LogP contribution in [0.2, 0.25) is 0 Å². The van der Waals surface area contributed by atoms with Gasteiger partial charge in [0.05, 0.1) is 11.8 Å². The first-order valence-corrected chi connectivity index (χ1v) is 6.35. The van der Waals surface area contributed by atoms with E-state index >= 15 is 0 Å². The van der Waals surface area contributed by atoms with Crippen LogP contribution in [-0.2, 0) is 4.84 Å². The Morgan fingerprint density at radius 1 is 1.12 bits per heavy atom. The largest absolute Gasteiger partial charge is 0.399 e. The normalized spacial score (nSPS) is 26.8. The Morgan fingerprint density at radius 3 is 2.62 bits per heavy atom. The van der Waals surface area contributed by atoms with Crippen molar-refractivity contribution in [3.8, 4) is 6.07 Å². The third-order valence-corrected chi connectivity index (χ3v) is 3.20. The molecule has 1 unspecified atom stereocenters. The molecule has 0 amide bonds. The molecular formula is C13H22N2O. The molecule has 3 nitrogen and oxygen atoms in total. The van der Waals surface area contributed by atoms with Gasteiger partial charge in [0.2, 0.25) is 0 Å². The van der Waals surface area contributed by atoms with Gasteiger partial charge in [0.1, 0.15) is 7.11 Å². The van der Waals surface area contributed by atoms with Gasteiger partial charge in [-0.3, -0.25) is 0 Å². The highest BCUT2D eigenvalue weighted by Gasteiger charge is 2.11. The maximum absolute atomic E-state index is 9.04. The van der Waals surface area contributed by atoms with E-state index in [0.717, 1.165) is 31.4 Å². The van der Waals surface area contributed by atoms with Crippen LogP contribution in [0.3, 0.4) is 0 Å². The summed E-state index contributed by atoms with van der Waals surface area (Å²) < 4.78 is 0. The first kappa shape index (κ1) is 13.0. The Bertz CT molecular complexity index is 255. The predicted molar refractivity (Wildman–Crippen MR) is 65.1 cm³/mol. The molecule has 0 aliphatic heterocycles. The van der Waals surface area contributed by atoms with Crippen LogP contribution in [0.25, 0.3) is 0 Å². The molecule has 1 aliphatic carbocycles. The van der Waals surface area contributed by atoms with Crippen LogP contribution in [0.4, 0.5) is 0 Å². The first-order valence-electron chi connectivity index (χ1n) is 6.35. The topological polar surface area (TPSA) is 45.4 Å². The number of nitriles is 1. The summed E-state index contributed by atoms with van der Waals surface area (Å²) in [6.45, 7) is 0. The summed E-state index contributed by atoms with van der Waals surface area (Å²) in [5.41, 5.74) is 1.13. The number of rotatable bonds is 1. The summed E-state index contributed by atoms with van der Waals surface area (Å²) in [6.07, 6.45) is 10.2. The molecule has 0 radical (unpaired) electrons. The van der Waals surface area contributed by atoms with Crippen LogP contribution in [-0.4, -0.2) is 12.8 Å². The van der Waals surface area contributed by atoms with Crippen molar-refractivity contribution in [2.45, 2.75) is 57.8 Å². The molecule has 0 saturated heterocycles. The second-order valence-electron chi connectivity index (χ2n) is 4.51. The van der Waals surface area contributed by atoms with Crippen LogP contribution in [0, 0.1) is 17.2 Å². The lowest BCUT2D eigenvalue weighted by molar-refractivity contribution is 0.211. The van der Waals surface area contributed by atoms with Crippen molar-refractivity contribution in [1.82, 2.24) is 0 Å². The minimum Gasteiger partial charge on any atom is -0.399 e. The maximum atomic E-state index is 9.04. The van der Waals surface area contributed by atoms with Crippen molar-refractivity contribution < 1.29 is 4.84 Å². The van der Waals surface area contributed by atoms with Gasteiger partial charge >= 0.3 is 0 Å². The fourth-order valence-electron chi connectivity index (χ4n) is 2.21. The van der Waals surface area contributed by atoms with E-state index in [0.29, 0.717) is 0 Å². The SMILES string of the molecule is CO/N=C1\CCCCCCCC(C#N)CC1. The molecule has 3 heteroatoms. The average molecular weight is 222 g/mol. The molecule has 0 aromatic heterocycles. The van der Waals surface area contributed by atoms with Gasteiger partial charge in [0.15, 0.2) is 0 Å². The van der Waals surface area contributed by atoms with E-state index in [1.54, 1.807) is 7.11 Å². The summed E-state index contributed by atoms with van der Waals surface area (Å²) in [5, 5.41) is 13.1. The van der Waals surface area contributed by atoms with Gasteiger partial charge in [-0.05, 0) is 32.1 Å². The van der Waals surface area contributed by atoms with Crippen LogP contribution in [0.1, 0.15) is 57.8 Å². The van der Waals surface area contributed by atoms with Gasteiger partial charge in [-0.2, -0.15) is 5.26 Å². The highest BCUT2D eigenvalue weighted by molar-refractivity contribution is 5.83. The maximum Gasteiger partial charge on any atom is 0.106 e. The van der Waals surface area contributed by atoms with E-state index in [-0.39, 0.29) is 5.92 Å². The Labute approximate surface area is 98.5 Å². The Balaban J connectivity index is 2.50. The lowest BCUT2D eigenvalue weighted by atomic mass is 9.96. The third kappa shape index (κ3) is 5.16. The molecule has 1 rings (SSSR count). The predicted octanol–water partition coefficient (Wildman–Crippen LogP) is 3.65. The van der Waals surface area contributed by atoms with E-state index in [1.807, 2.05) is 0 Å². The quantitative estimate of drug-likeness (QED) is 0.636. The molecule has 0 spiro atoms. The van der Waals surface area contributed by atoms with Crippen molar-refractivity contribution in [2.24, 2.45) is 11.1 Å². The third-order valence-electron chi connectivity index (χ3n) is 3.20. The molecule has 1 fully saturated rings. The summed E-state index contributed by atoms with van der Waals surface area (Å²) in [7, 11) is 1.60. The van der Waals surface area contributed by atoms with Crippen molar-refractivity contribution in [2.75, 3.05) is 7.11 Å². The number of nitrogens with zero attached hydrogens (tertiary/aromatic N) is 2. The van der Waals surface area contributed by atoms with Crippen molar-refractivity contribution in [1.29, 1.82) is 5.26 Å². The molecule has 1 saturated carbocycles. The summed E-state index contributed by atoms with van der Waals surface area (Å²) in [5.74, 6) is 0.208. The summed E-state index contributed by atoms with van der Waals surface area (Å²) in [6, 6.07) is 2.41. The van der Waals surface area contributed by atoms with E-state index in [9.17, 15) is 0 Å². The van der Waals surface area contributed by atoms with Gasteiger partial charge in [-0.15, -0.1) is 0 Å². The van der Waals surface area contributed by atoms with Crippen LogP contribution in [0.15, 0.2) is 5.16 Å². The molecule has 0 heterocycles. The molecule has 1 atom stereocenters. The van der Waals surface area contributed by atoms with Gasteiger partial charge in [-0.25, -0.2) is 0 Å². The van der Waals surface area contributed by atoms with Gasteiger partial charge in [-0.1, -0.05) is 30.8 Å². The molecule has 90 valence electrons. The second kappa shape index (κ2) is 8.15. The van der Waals surface area contributed by atoms with E-state index < -0.39 is 0 Å². The molecule has 16 heavy (non-hydrogen) atoms. The molecule has 0 aromatic rings. The molecule has 0 aromatic carbocycles. The Hall–Kier alpha value is -1.04. The summed E-state index contributed by atoms with van der Waals surface area (Å²) >= 11 is 0. The van der Waals surface area contributed by atoms with Crippen molar-refractivity contribution >= 4 is 5.71 Å². The lowest BCUT2D eigenvalue weighted by Crippen LogP contribution is -2.04. The summed E-state index contributed by atoms with van der Waals surface area (Å²) in [4.78, 5) is 4.85. The smallest absolute Gasteiger partial charge is 0.106 e. The Kier molecular flexibility index (Phi) is 6.64. The molecular weight excluding hydrogens is 200 g/mol. The monoisotopic (exact) mass is 222 g/mol. The van der Waals surface area contributed by atoms with E-state index in [2.05, 4.69) is 11.2 Å². The lowest BCUT2D eigenvalue weighted by Gasteiger charge is -2.08. The Morgan fingerprint density at radius 2 is 1.88 bits per heavy atom. The highest BCUT2D eigenvalue weighted by atomic mass is 16.6. The van der Waals surface area contributed by atoms with Gasteiger partial charge in [0.25, 0.3) is 0 Å². The zero-order valence-electron chi connectivity index (χ0n) is 10.2. The van der Waals surface area contributed by atoms with Crippen LogP contribution < -0.4 is 0 Å². The average Bonchev–Trinajstić information content (AvgIpc) is 2.35. The van der Waals surface area contributed by atoms with Crippen LogP contribution >= 0.6 is 0 Å². The van der Waals surface area contributed by atoms with Crippen LogP contribution in [0.5, 0.6) is 0 Å². The van der Waals surface area contributed by atoms with E-state index in [4.69, 9.17) is 10.1 Å². The zero-order chi connectivity index (χ0) is 11.6. The van der Waals surface area contributed by atoms with Crippen molar-refractivity contribution in [3.05, 3.63) is 0 Å². The highest BCUT2D eigenvalue weighted by Crippen LogP contribution is 2.19. The number of hydrogen-bond donors (Lipinski definition) is 0. The first-order chi connectivity index (χ1) is 7.86. The van der Waals surface area contributed by atoms with E-state index in [1.165, 1.54) is 32.1 Å². The minimum absolute atomic E-state index is 0.208. The van der Waals surface area contributed by atoms with Crippen molar-refractivity contribution in [3.63, 3.8) is 0 Å². The molecule has 0 N–H and O–H groups in total. The zero-order valence-corrected chi connectivity index (χ0v) is 10.2. The standard InChI is InChI=1S/C13H22N2O/c1-16-15-13-8-6-4-2-3-5-7-12(11-14)9-10-13/h12H,2-10H2,1H3/b15-13+. The molecule has 1 aliphatic rings. The minimum atomic E-state index is 0.208. The fourth-order valence-corrected chi connectivity index (χ4v) is 2.21. The molecule has 0 bridgehead atoms. The number of oxime groups is 1. The number of hydrogen-bond acceptors (Lipinski definition) is 3. The second-order valence-corrected chi connectivity index (χ2v) is 4.51.